The summed E-state index contributed by atoms with van der Waals surface area (Å²) in [6.07, 6.45) is 6.76. The predicted molar refractivity (Wildman–Crippen MR) is 95.6 cm³/mol. The summed E-state index contributed by atoms with van der Waals surface area (Å²) in [6.45, 7) is 5.44. The minimum absolute atomic E-state index is 0.433. The van der Waals surface area contributed by atoms with E-state index in [2.05, 4.69) is 47.9 Å². The van der Waals surface area contributed by atoms with Gasteiger partial charge in [0.1, 0.15) is 0 Å². The van der Waals surface area contributed by atoms with Gasteiger partial charge in [0, 0.05) is 6.54 Å². The minimum Gasteiger partial charge on any atom is -0.357 e. The Hall–Kier alpha value is -1.68. The molecular weight excluding hydrogens is 290 g/mol. The van der Waals surface area contributed by atoms with Crippen LogP contribution in [-0.2, 0) is 6.54 Å². The summed E-state index contributed by atoms with van der Waals surface area (Å²) in [6, 6.07) is 10.2. The average Bonchev–Trinajstić information content (AvgIpc) is 2.54. The summed E-state index contributed by atoms with van der Waals surface area (Å²) in [5, 5.41) is 8.02. The number of hydrazone groups is 1. The van der Waals surface area contributed by atoms with Crippen LogP contribution in [0.3, 0.4) is 0 Å². The van der Waals surface area contributed by atoms with E-state index in [1.807, 2.05) is 24.4 Å². The predicted octanol–water partition coefficient (Wildman–Crippen LogP) is 3.63. The molecule has 0 aliphatic heterocycles. The molecule has 1 fully saturated rings. The number of benzene rings is 1. The number of rotatable bonds is 4. The maximum absolute atomic E-state index is 5.25. The molecule has 1 saturated carbocycles. The molecule has 2 bridgehead atoms. The van der Waals surface area contributed by atoms with Crippen molar-refractivity contribution in [2.75, 3.05) is 0 Å². The molecule has 2 atom stereocenters. The van der Waals surface area contributed by atoms with Crippen LogP contribution in [0.2, 0.25) is 0 Å². The molecule has 2 N–H and O–H groups in total. The van der Waals surface area contributed by atoms with Gasteiger partial charge in [-0.25, -0.2) is 0 Å². The van der Waals surface area contributed by atoms with Crippen LogP contribution in [0.1, 0.15) is 32.3 Å². The van der Waals surface area contributed by atoms with Crippen LogP contribution in [0.4, 0.5) is 0 Å². The lowest BCUT2D eigenvalue weighted by atomic mass is 9.49. The second kappa shape index (κ2) is 6.21. The number of thiocarbonyl (C=S) groups is 1. The number of hydrogen-bond acceptors (Lipinski definition) is 2. The van der Waals surface area contributed by atoms with Crippen molar-refractivity contribution in [3.05, 3.63) is 47.5 Å². The van der Waals surface area contributed by atoms with Crippen LogP contribution in [0, 0.1) is 17.3 Å². The number of allylic oxidation sites excluding steroid dienone is 2. The van der Waals surface area contributed by atoms with E-state index >= 15 is 0 Å². The van der Waals surface area contributed by atoms with Gasteiger partial charge in [0.05, 0.1) is 6.21 Å². The molecule has 1 aromatic rings. The standard InChI is InChI=1S/C18H23N3S/c1-18(2)15-9-8-14(16(18)10-15)12-20-21-17(22)19-11-13-6-4-3-5-7-13/h3-8,12,15-16H,9-11H2,1-2H3,(H2,19,21,22)/b20-12-/t15-,16-/m0/s1. The Morgan fingerprint density at radius 3 is 2.82 bits per heavy atom. The van der Waals surface area contributed by atoms with Gasteiger partial charge < -0.3 is 5.32 Å². The van der Waals surface area contributed by atoms with Gasteiger partial charge in [-0.1, -0.05) is 50.3 Å². The Morgan fingerprint density at radius 1 is 1.36 bits per heavy atom. The second-order valence-electron chi connectivity index (χ2n) is 6.78. The second-order valence-corrected chi connectivity index (χ2v) is 7.19. The molecule has 1 aromatic carbocycles. The van der Waals surface area contributed by atoms with Gasteiger partial charge in [0.2, 0.25) is 0 Å². The summed E-state index contributed by atoms with van der Waals surface area (Å²) in [5.74, 6) is 1.51. The monoisotopic (exact) mass is 313 g/mol. The van der Waals surface area contributed by atoms with Crippen molar-refractivity contribution in [3.63, 3.8) is 0 Å². The highest BCUT2D eigenvalue weighted by atomic mass is 32.1. The quantitative estimate of drug-likeness (QED) is 0.506. The first kappa shape index (κ1) is 15.2. The highest BCUT2D eigenvalue weighted by molar-refractivity contribution is 7.80. The van der Waals surface area contributed by atoms with E-state index in [9.17, 15) is 0 Å². The fraction of sp³-hybridized carbons (Fsp3) is 0.444. The van der Waals surface area contributed by atoms with E-state index in [-0.39, 0.29) is 0 Å². The fourth-order valence-corrected chi connectivity index (χ4v) is 3.65. The molecule has 0 amide bonds. The normalized spacial score (nSPS) is 25.3. The molecule has 3 aliphatic carbocycles. The van der Waals surface area contributed by atoms with Crippen molar-refractivity contribution in [1.82, 2.24) is 10.7 Å². The first-order valence-corrected chi connectivity index (χ1v) is 8.29. The van der Waals surface area contributed by atoms with Crippen molar-refractivity contribution in [1.29, 1.82) is 0 Å². The van der Waals surface area contributed by atoms with Gasteiger partial charge in [0.15, 0.2) is 5.11 Å². The van der Waals surface area contributed by atoms with Crippen molar-refractivity contribution >= 4 is 23.5 Å². The molecule has 3 aliphatic rings. The zero-order valence-corrected chi connectivity index (χ0v) is 14.0. The van der Waals surface area contributed by atoms with E-state index in [1.165, 1.54) is 24.0 Å². The molecule has 0 heterocycles. The molecule has 0 spiro atoms. The fourth-order valence-electron chi connectivity index (χ4n) is 3.53. The molecule has 0 saturated heterocycles. The van der Waals surface area contributed by atoms with Crippen molar-refractivity contribution in [2.45, 2.75) is 33.2 Å². The number of nitrogens with zero attached hydrogens (tertiary/aromatic N) is 1. The van der Waals surface area contributed by atoms with E-state index < -0.39 is 0 Å². The van der Waals surface area contributed by atoms with E-state index in [4.69, 9.17) is 12.2 Å². The van der Waals surface area contributed by atoms with E-state index in [1.54, 1.807) is 0 Å². The van der Waals surface area contributed by atoms with Gasteiger partial charge in [-0.3, -0.25) is 5.43 Å². The third-order valence-corrected chi connectivity index (χ3v) is 5.42. The van der Waals surface area contributed by atoms with Crippen LogP contribution in [-0.4, -0.2) is 11.3 Å². The molecule has 4 heteroatoms. The van der Waals surface area contributed by atoms with Gasteiger partial charge >= 0.3 is 0 Å². The number of fused-ring (bicyclic) bond motifs is 1. The van der Waals surface area contributed by atoms with Gasteiger partial charge in [-0.15, -0.1) is 0 Å². The molecular formula is C18H23N3S. The Kier molecular flexibility index (Phi) is 4.30. The van der Waals surface area contributed by atoms with Crippen LogP contribution in [0.5, 0.6) is 0 Å². The van der Waals surface area contributed by atoms with Gasteiger partial charge in [0.25, 0.3) is 0 Å². The van der Waals surface area contributed by atoms with E-state index in [0.29, 0.717) is 23.0 Å². The SMILES string of the molecule is CC1(C)[C@H]2CC=C(/C=N\NC(=S)NCc3ccccc3)[C@@H]1C2. The molecule has 3 nitrogen and oxygen atoms in total. The third kappa shape index (κ3) is 3.07. The summed E-state index contributed by atoms with van der Waals surface area (Å²) < 4.78 is 0. The highest BCUT2D eigenvalue weighted by Gasteiger charge is 2.50. The van der Waals surface area contributed by atoms with Crippen molar-refractivity contribution in [3.8, 4) is 0 Å². The maximum Gasteiger partial charge on any atom is 0.187 e. The average molecular weight is 313 g/mol. The Labute approximate surface area is 137 Å². The van der Waals surface area contributed by atoms with Crippen LogP contribution >= 0.6 is 12.2 Å². The molecule has 0 aromatic heterocycles. The molecule has 0 radical (unpaired) electrons. The van der Waals surface area contributed by atoms with Crippen LogP contribution < -0.4 is 10.7 Å². The van der Waals surface area contributed by atoms with Crippen LogP contribution in [0.25, 0.3) is 0 Å². The third-order valence-electron chi connectivity index (χ3n) is 5.19. The Balaban J connectivity index is 1.46. The molecule has 0 unspecified atom stereocenters. The summed E-state index contributed by atoms with van der Waals surface area (Å²) in [4.78, 5) is 0. The maximum atomic E-state index is 5.25. The van der Waals surface area contributed by atoms with E-state index in [0.717, 1.165) is 5.92 Å². The summed E-state index contributed by atoms with van der Waals surface area (Å²) in [5.41, 5.74) is 5.90. The van der Waals surface area contributed by atoms with Crippen LogP contribution in [0.15, 0.2) is 47.1 Å². The Morgan fingerprint density at radius 2 is 2.14 bits per heavy atom. The van der Waals surface area contributed by atoms with Gasteiger partial charge in [-0.2, -0.15) is 5.10 Å². The molecule has 22 heavy (non-hydrogen) atoms. The molecule has 4 rings (SSSR count). The minimum atomic E-state index is 0.433. The largest absolute Gasteiger partial charge is 0.357 e. The Bertz CT molecular complexity index is 604. The zero-order valence-electron chi connectivity index (χ0n) is 13.2. The zero-order chi connectivity index (χ0) is 15.6. The van der Waals surface area contributed by atoms with Crippen molar-refractivity contribution < 1.29 is 0 Å². The first-order chi connectivity index (χ1) is 10.6. The highest BCUT2D eigenvalue weighted by Crippen LogP contribution is 2.58. The summed E-state index contributed by atoms with van der Waals surface area (Å²) >= 11 is 5.25. The topological polar surface area (TPSA) is 36.4 Å². The number of nitrogens with one attached hydrogen (secondary N) is 2. The first-order valence-electron chi connectivity index (χ1n) is 7.88. The lowest BCUT2D eigenvalue weighted by molar-refractivity contribution is -0.00126. The number of hydrogen-bond donors (Lipinski definition) is 2. The van der Waals surface area contributed by atoms with Crippen molar-refractivity contribution in [2.24, 2.45) is 22.4 Å². The lowest BCUT2D eigenvalue weighted by Crippen LogP contribution is -2.48. The van der Waals surface area contributed by atoms with Gasteiger partial charge in [-0.05, 0) is 53.4 Å². The lowest BCUT2D eigenvalue weighted by Gasteiger charge is -2.55. The molecule has 116 valence electrons. The summed E-state index contributed by atoms with van der Waals surface area (Å²) in [7, 11) is 0. The smallest absolute Gasteiger partial charge is 0.187 e.